The predicted molar refractivity (Wildman–Crippen MR) is 68.7 cm³/mol. The molecular formula is C14H22O3. The lowest BCUT2D eigenvalue weighted by Gasteiger charge is -2.08. The number of rotatable bonds is 8. The average Bonchev–Trinajstić information content (AvgIpc) is 2.26. The topological polar surface area (TPSA) is 27.7 Å². The van der Waals surface area contributed by atoms with Crippen molar-refractivity contribution in [3.8, 4) is 5.75 Å². The van der Waals surface area contributed by atoms with Crippen molar-refractivity contribution in [2.75, 3.05) is 33.5 Å². The molecule has 3 heteroatoms. The van der Waals surface area contributed by atoms with E-state index in [0.717, 1.165) is 25.4 Å². The second-order valence-corrected chi connectivity index (χ2v) is 4.13. The minimum atomic E-state index is 0.593. The van der Waals surface area contributed by atoms with E-state index in [4.69, 9.17) is 14.2 Å². The molecule has 0 spiro atoms. The van der Waals surface area contributed by atoms with Gasteiger partial charge >= 0.3 is 0 Å². The fourth-order valence-electron chi connectivity index (χ4n) is 1.64. The van der Waals surface area contributed by atoms with E-state index in [1.54, 1.807) is 7.11 Å². The van der Waals surface area contributed by atoms with Gasteiger partial charge in [-0.2, -0.15) is 0 Å². The first-order valence-corrected chi connectivity index (χ1v) is 6.00. The Labute approximate surface area is 104 Å². The third kappa shape index (κ3) is 6.29. The van der Waals surface area contributed by atoms with Crippen LogP contribution in [-0.2, 0) is 9.47 Å². The third-order valence-corrected chi connectivity index (χ3v) is 2.33. The Morgan fingerprint density at radius 3 is 2.24 bits per heavy atom. The predicted octanol–water partition coefficient (Wildman–Crippen LogP) is 2.74. The van der Waals surface area contributed by atoms with E-state index >= 15 is 0 Å². The molecule has 0 aromatic heterocycles. The number of hydrogen-bond donors (Lipinski definition) is 0. The standard InChI is InChI=1S/C14H22O3/c1-12-9-13(2)11-14(10-12)17-8-7-16-6-4-5-15-3/h9-11H,4-8H2,1-3H3. The van der Waals surface area contributed by atoms with Crippen LogP contribution in [0, 0.1) is 13.8 Å². The van der Waals surface area contributed by atoms with Crippen LogP contribution in [0.2, 0.25) is 0 Å². The molecule has 0 N–H and O–H groups in total. The van der Waals surface area contributed by atoms with Crippen LogP contribution < -0.4 is 4.74 Å². The van der Waals surface area contributed by atoms with Gasteiger partial charge in [0.2, 0.25) is 0 Å². The van der Waals surface area contributed by atoms with E-state index in [1.165, 1.54) is 11.1 Å². The van der Waals surface area contributed by atoms with Crippen molar-refractivity contribution in [3.05, 3.63) is 29.3 Å². The fourth-order valence-corrected chi connectivity index (χ4v) is 1.64. The molecule has 1 aromatic carbocycles. The van der Waals surface area contributed by atoms with Gasteiger partial charge in [0, 0.05) is 20.3 Å². The SMILES string of the molecule is COCCCOCCOc1cc(C)cc(C)c1. The summed E-state index contributed by atoms with van der Waals surface area (Å²) in [6, 6.07) is 6.21. The lowest BCUT2D eigenvalue weighted by Crippen LogP contribution is -2.08. The molecule has 0 saturated carbocycles. The zero-order chi connectivity index (χ0) is 12.5. The molecular weight excluding hydrogens is 216 g/mol. The van der Waals surface area contributed by atoms with Gasteiger partial charge in [0.05, 0.1) is 6.61 Å². The third-order valence-electron chi connectivity index (χ3n) is 2.33. The molecule has 0 radical (unpaired) electrons. The van der Waals surface area contributed by atoms with Gasteiger partial charge in [-0.15, -0.1) is 0 Å². The van der Waals surface area contributed by atoms with E-state index in [9.17, 15) is 0 Å². The Balaban J connectivity index is 2.13. The highest BCUT2D eigenvalue weighted by atomic mass is 16.5. The molecule has 3 nitrogen and oxygen atoms in total. The van der Waals surface area contributed by atoms with Crippen molar-refractivity contribution in [2.45, 2.75) is 20.3 Å². The highest BCUT2D eigenvalue weighted by molar-refractivity contribution is 5.32. The Morgan fingerprint density at radius 2 is 1.59 bits per heavy atom. The van der Waals surface area contributed by atoms with Gasteiger partial charge in [0.1, 0.15) is 12.4 Å². The molecule has 1 rings (SSSR count). The highest BCUT2D eigenvalue weighted by Crippen LogP contribution is 2.15. The molecule has 17 heavy (non-hydrogen) atoms. The molecule has 0 aliphatic carbocycles. The van der Waals surface area contributed by atoms with Crippen LogP contribution in [0.5, 0.6) is 5.75 Å². The lowest BCUT2D eigenvalue weighted by molar-refractivity contribution is 0.0806. The van der Waals surface area contributed by atoms with Crippen molar-refractivity contribution < 1.29 is 14.2 Å². The average molecular weight is 238 g/mol. The molecule has 0 atom stereocenters. The summed E-state index contributed by atoms with van der Waals surface area (Å²) < 4.78 is 16.0. The first-order valence-electron chi connectivity index (χ1n) is 6.00. The number of aryl methyl sites for hydroxylation is 2. The first-order chi connectivity index (χ1) is 8.22. The zero-order valence-electron chi connectivity index (χ0n) is 11.0. The second-order valence-electron chi connectivity index (χ2n) is 4.13. The van der Waals surface area contributed by atoms with E-state index in [2.05, 4.69) is 19.9 Å². The minimum Gasteiger partial charge on any atom is -0.491 e. The van der Waals surface area contributed by atoms with Crippen LogP contribution in [0.15, 0.2) is 18.2 Å². The molecule has 0 fully saturated rings. The maximum atomic E-state index is 5.62. The molecule has 0 heterocycles. The first kappa shape index (κ1) is 14.0. The lowest BCUT2D eigenvalue weighted by atomic mass is 10.1. The summed E-state index contributed by atoms with van der Waals surface area (Å²) in [5.41, 5.74) is 2.45. The second kappa shape index (κ2) is 8.09. The summed E-state index contributed by atoms with van der Waals surface area (Å²) in [6.45, 7) is 6.83. The summed E-state index contributed by atoms with van der Waals surface area (Å²) >= 11 is 0. The van der Waals surface area contributed by atoms with Crippen LogP contribution in [0.1, 0.15) is 17.5 Å². The smallest absolute Gasteiger partial charge is 0.119 e. The Kier molecular flexibility index (Phi) is 6.67. The fraction of sp³-hybridized carbons (Fsp3) is 0.571. The van der Waals surface area contributed by atoms with Crippen LogP contribution in [-0.4, -0.2) is 33.5 Å². The molecule has 0 aliphatic heterocycles. The van der Waals surface area contributed by atoms with E-state index in [-0.39, 0.29) is 0 Å². The Morgan fingerprint density at radius 1 is 0.882 bits per heavy atom. The summed E-state index contributed by atoms with van der Waals surface area (Å²) in [5.74, 6) is 0.919. The highest BCUT2D eigenvalue weighted by Gasteiger charge is 1.97. The normalized spacial score (nSPS) is 10.5. The molecule has 0 bridgehead atoms. The van der Waals surface area contributed by atoms with Gasteiger partial charge < -0.3 is 14.2 Å². The van der Waals surface area contributed by atoms with Crippen molar-refractivity contribution >= 4 is 0 Å². The molecule has 1 aromatic rings. The van der Waals surface area contributed by atoms with Gasteiger partial charge in [-0.05, 0) is 43.5 Å². The number of ether oxygens (including phenoxy) is 3. The van der Waals surface area contributed by atoms with E-state index in [0.29, 0.717) is 13.2 Å². The number of hydrogen-bond acceptors (Lipinski definition) is 3. The Bertz CT molecular complexity index is 303. The summed E-state index contributed by atoms with van der Waals surface area (Å²) in [6.07, 6.45) is 0.931. The summed E-state index contributed by atoms with van der Waals surface area (Å²) in [7, 11) is 1.70. The van der Waals surface area contributed by atoms with Gasteiger partial charge in [-0.3, -0.25) is 0 Å². The number of benzene rings is 1. The van der Waals surface area contributed by atoms with Gasteiger partial charge in [-0.1, -0.05) is 6.07 Å². The number of methoxy groups -OCH3 is 1. The molecule has 0 unspecified atom stereocenters. The largest absolute Gasteiger partial charge is 0.491 e. The van der Waals surface area contributed by atoms with Crippen LogP contribution >= 0.6 is 0 Å². The van der Waals surface area contributed by atoms with Gasteiger partial charge in [-0.25, -0.2) is 0 Å². The van der Waals surface area contributed by atoms with Crippen LogP contribution in [0.25, 0.3) is 0 Å². The molecule has 96 valence electrons. The van der Waals surface area contributed by atoms with E-state index in [1.807, 2.05) is 12.1 Å². The van der Waals surface area contributed by atoms with E-state index < -0.39 is 0 Å². The van der Waals surface area contributed by atoms with Crippen molar-refractivity contribution in [1.29, 1.82) is 0 Å². The van der Waals surface area contributed by atoms with Crippen LogP contribution in [0.4, 0.5) is 0 Å². The summed E-state index contributed by atoms with van der Waals surface area (Å²) in [5, 5.41) is 0. The molecule has 0 amide bonds. The minimum absolute atomic E-state index is 0.593. The Hall–Kier alpha value is -1.06. The summed E-state index contributed by atoms with van der Waals surface area (Å²) in [4.78, 5) is 0. The molecule has 0 aliphatic rings. The van der Waals surface area contributed by atoms with Crippen LogP contribution in [0.3, 0.4) is 0 Å². The maximum Gasteiger partial charge on any atom is 0.119 e. The zero-order valence-corrected chi connectivity index (χ0v) is 11.0. The quantitative estimate of drug-likeness (QED) is 0.652. The van der Waals surface area contributed by atoms with Gasteiger partial charge in [0.15, 0.2) is 0 Å². The van der Waals surface area contributed by atoms with Gasteiger partial charge in [0.25, 0.3) is 0 Å². The molecule has 0 saturated heterocycles. The van der Waals surface area contributed by atoms with Crippen molar-refractivity contribution in [1.82, 2.24) is 0 Å². The maximum absolute atomic E-state index is 5.62. The van der Waals surface area contributed by atoms with Crippen molar-refractivity contribution in [2.24, 2.45) is 0 Å². The monoisotopic (exact) mass is 238 g/mol. The van der Waals surface area contributed by atoms with Crippen molar-refractivity contribution in [3.63, 3.8) is 0 Å².